The summed E-state index contributed by atoms with van der Waals surface area (Å²) < 4.78 is 26.6. The maximum atomic E-state index is 13.4. The molecule has 38 heavy (non-hydrogen) atoms. The molecule has 10 heteroatoms. The lowest BCUT2D eigenvalue weighted by Gasteiger charge is -2.35. The van der Waals surface area contributed by atoms with Gasteiger partial charge >= 0.3 is 6.09 Å². The number of amides is 1. The van der Waals surface area contributed by atoms with Gasteiger partial charge in [0.1, 0.15) is 42.6 Å². The average Bonchev–Trinajstić information content (AvgIpc) is 3.57. The van der Waals surface area contributed by atoms with Gasteiger partial charge in [-0.1, -0.05) is 23.7 Å². The van der Waals surface area contributed by atoms with Crippen LogP contribution < -0.4 is 9.47 Å². The van der Waals surface area contributed by atoms with Crippen LogP contribution in [-0.4, -0.2) is 43.9 Å². The van der Waals surface area contributed by atoms with Crippen LogP contribution in [0.15, 0.2) is 79.4 Å². The summed E-state index contributed by atoms with van der Waals surface area (Å²) in [4.78, 5) is 22.5. The molecular formula is C28H23ClFN5O3. The van der Waals surface area contributed by atoms with Gasteiger partial charge in [0.15, 0.2) is 0 Å². The minimum absolute atomic E-state index is 0.278. The van der Waals surface area contributed by atoms with Gasteiger partial charge in [-0.3, -0.25) is 4.90 Å². The standard InChI is InChI=1S/C28H23ClFN5O3/c29-19-3-10-25-24(15-19)23-11-12-35(28(36)38-22-8-4-20(30)5-9-22)27(26(23)33-25)18-1-6-21(7-2-18)37-14-13-34-17-31-16-32-34/h1-10,15-17,27,33H,11-14H2. The molecule has 0 radical (unpaired) electrons. The lowest BCUT2D eigenvalue weighted by molar-refractivity contribution is 0.135. The first-order valence-electron chi connectivity index (χ1n) is 12.1. The van der Waals surface area contributed by atoms with Crippen molar-refractivity contribution in [2.24, 2.45) is 0 Å². The van der Waals surface area contributed by atoms with Crippen molar-refractivity contribution in [2.75, 3.05) is 13.2 Å². The molecule has 0 bridgehead atoms. The number of rotatable bonds is 6. The Labute approximate surface area is 222 Å². The van der Waals surface area contributed by atoms with Gasteiger partial charge in [0.25, 0.3) is 0 Å². The molecule has 3 aromatic carbocycles. The fourth-order valence-electron chi connectivity index (χ4n) is 4.82. The molecule has 1 aliphatic rings. The van der Waals surface area contributed by atoms with Crippen LogP contribution in [0.3, 0.4) is 0 Å². The lowest BCUT2D eigenvalue weighted by Crippen LogP contribution is -2.42. The van der Waals surface area contributed by atoms with Crippen LogP contribution in [-0.2, 0) is 13.0 Å². The van der Waals surface area contributed by atoms with Crippen LogP contribution in [0, 0.1) is 5.82 Å². The third-order valence-electron chi connectivity index (χ3n) is 6.59. The first kappa shape index (κ1) is 24.0. The number of carbonyl (C=O) groups is 1. The SMILES string of the molecule is O=C(Oc1ccc(F)cc1)N1CCc2c([nH]c3ccc(Cl)cc23)C1c1ccc(OCCn2cncn2)cc1. The van der Waals surface area contributed by atoms with Gasteiger partial charge in [0.2, 0.25) is 0 Å². The van der Waals surface area contributed by atoms with Crippen LogP contribution in [0.25, 0.3) is 10.9 Å². The zero-order valence-corrected chi connectivity index (χ0v) is 20.9. The third-order valence-corrected chi connectivity index (χ3v) is 6.83. The van der Waals surface area contributed by atoms with E-state index in [-0.39, 0.29) is 5.75 Å². The van der Waals surface area contributed by atoms with E-state index < -0.39 is 18.0 Å². The molecule has 0 aliphatic carbocycles. The predicted molar refractivity (Wildman–Crippen MR) is 140 cm³/mol. The molecule has 0 spiro atoms. The van der Waals surface area contributed by atoms with Crippen LogP contribution in [0.5, 0.6) is 11.5 Å². The van der Waals surface area contributed by atoms with E-state index in [1.165, 1.54) is 30.6 Å². The highest BCUT2D eigenvalue weighted by Gasteiger charge is 2.35. The zero-order valence-electron chi connectivity index (χ0n) is 20.2. The van der Waals surface area contributed by atoms with Crippen molar-refractivity contribution in [3.63, 3.8) is 0 Å². The molecule has 6 rings (SSSR count). The Bertz CT molecular complexity index is 1570. The number of nitrogens with one attached hydrogen (secondary N) is 1. The van der Waals surface area contributed by atoms with E-state index in [1.807, 2.05) is 42.5 Å². The summed E-state index contributed by atoms with van der Waals surface area (Å²) in [6, 6.07) is 18.4. The first-order chi connectivity index (χ1) is 18.5. The van der Waals surface area contributed by atoms with E-state index in [0.29, 0.717) is 36.9 Å². The molecule has 0 fully saturated rings. The molecular weight excluding hydrogens is 509 g/mol. The van der Waals surface area contributed by atoms with E-state index in [9.17, 15) is 9.18 Å². The second-order valence-electron chi connectivity index (χ2n) is 8.95. The van der Waals surface area contributed by atoms with Crippen molar-refractivity contribution in [3.05, 3.63) is 107 Å². The van der Waals surface area contributed by atoms with Gasteiger partial charge < -0.3 is 14.5 Å². The van der Waals surface area contributed by atoms with Crippen molar-refractivity contribution in [1.29, 1.82) is 0 Å². The Morgan fingerprint density at radius 3 is 2.63 bits per heavy atom. The minimum atomic E-state index is -0.517. The molecule has 1 amide bonds. The van der Waals surface area contributed by atoms with Crippen LogP contribution in [0.1, 0.15) is 22.9 Å². The van der Waals surface area contributed by atoms with Crippen molar-refractivity contribution in [2.45, 2.75) is 19.0 Å². The number of benzene rings is 3. The molecule has 1 unspecified atom stereocenters. The van der Waals surface area contributed by atoms with Gasteiger partial charge in [0.05, 0.1) is 6.54 Å². The van der Waals surface area contributed by atoms with Crippen molar-refractivity contribution in [1.82, 2.24) is 24.6 Å². The quantitative estimate of drug-likeness (QED) is 0.300. The minimum Gasteiger partial charge on any atom is -0.492 e. The number of aromatic amines is 1. The summed E-state index contributed by atoms with van der Waals surface area (Å²) in [6.07, 6.45) is 3.24. The van der Waals surface area contributed by atoms with Crippen molar-refractivity contribution < 1.29 is 18.7 Å². The number of H-pyrrole nitrogens is 1. The van der Waals surface area contributed by atoms with E-state index >= 15 is 0 Å². The molecule has 0 saturated carbocycles. The number of aromatic nitrogens is 4. The molecule has 1 N–H and O–H groups in total. The number of ether oxygens (including phenoxy) is 2. The molecule has 1 aliphatic heterocycles. The molecule has 2 aromatic heterocycles. The summed E-state index contributed by atoms with van der Waals surface area (Å²) in [7, 11) is 0. The Kier molecular flexibility index (Phi) is 6.43. The van der Waals surface area contributed by atoms with Gasteiger partial charge in [-0.05, 0) is 72.1 Å². The maximum absolute atomic E-state index is 13.4. The molecule has 8 nitrogen and oxygen atoms in total. The lowest BCUT2D eigenvalue weighted by atomic mass is 9.92. The summed E-state index contributed by atoms with van der Waals surface area (Å²) in [6.45, 7) is 1.46. The fourth-order valence-corrected chi connectivity index (χ4v) is 4.99. The van der Waals surface area contributed by atoms with Crippen LogP contribution >= 0.6 is 11.6 Å². The maximum Gasteiger partial charge on any atom is 0.416 e. The number of hydrogen-bond donors (Lipinski definition) is 1. The predicted octanol–water partition coefficient (Wildman–Crippen LogP) is 5.78. The number of carbonyl (C=O) groups excluding carboxylic acids is 1. The highest BCUT2D eigenvalue weighted by atomic mass is 35.5. The largest absolute Gasteiger partial charge is 0.492 e. The average molecular weight is 532 g/mol. The summed E-state index contributed by atoms with van der Waals surface area (Å²) in [5.74, 6) is 0.583. The van der Waals surface area contributed by atoms with Crippen LogP contribution in [0.2, 0.25) is 5.02 Å². The summed E-state index contributed by atoms with van der Waals surface area (Å²) >= 11 is 6.30. The second-order valence-corrected chi connectivity index (χ2v) is 9.39. The Balaban J connectivity index is 1.30. The molecule has 3 heterocycles. The second kappa shape index (κ2) is 10.2. The van der Waals surface area contributed by atoms with Gasteiger partial charge in [-0.25, -0.2) is 18.9 Å². The Morgan fingerprint density at radius 2 is 1.87 bits per heavy atom. The highest BCUT2D eigenvalue weighted by molar-refractivity contribution is 6.31. The molecule has 5 aromatic rings. The summed E-state index contributed by atoms with van der Waals surface area (Å²) in [5, 5.41) is 5.77. The summed E-state index contributed by atoms with van der Waals surface area (Å²) in [5.41, 5.74) is 3.87. The fraction of sp³-hybridized carbons (Fsp3) is 0.179. The molecule has 1 atom stereocenters. The molecule has 192 valence electrons. The van der Waals surface area contributed by atoms with E-state index in [4.69, 9.17) is 21.1 Å². The van der Waals surface area contributed by atoms with Gasteiger partial charge in [0, 0.05) is 28.2 Å². The normalized spacial score (nSPS) is 14.9. The first-order valence-corrected chi connectivity index (χ1v) is 12.5. The smallest absolute Gasteiger partial charge is 0.416 e. The molecule has 0 saturated heterocycles. The number of nitrogens with zero attached hydrogens (tertiary/aromatic N) is 4. The number of halogens is 2. The van der Waals surface area contributed by atoms with Gasteiger partial charge in [-0.2, -0.15) is 5.10 Å². The Morgan fingerprint density at radius 1 is 1.08 bits per heavy atom. The van der Waals surface area contributed by atoms with Crippen molar-refractivity contribution >= 4 is 28.6 Å². The number of hydrogen-bond acceptors (Lipinski definition) is 5. The highest BCUT2D eigenvalue weighted by Crippen LogP contribution is 2.40. The van der Waals surface area contributed by atoms with Crippen molar-refractivity contribution in [3.8, 4) is 11.5 Å². The van der Waals surface area contributed by atoms with E-state index in [0.717, 1.165) is 27.7 Å². The van der Waals surface area contributed by atoms with E-state index in [2.05, 4.69) is 15.1 Å². The zero-order chi connectivity index (χ0) is 26.1. The monoisotopic (exact) mass is 531 g/mol. The Hall–Kier alpha value is -4.37. The van der Waals surface area contributed by atoms with Crippen LogP contribution in [0.4, 0.5) is 9.18 Å². The third kappa shape index (κ3) is 4.80. The number of fused-ring (bicyclic) bond motifs is 3. The topological polar surface area (TPSA) is 85.3 Å². The van der Waals surface area contributed by atoms with Gasteiger partial charge in [-0.15, -0.1) is 0 Å². The van der Waals surface area contributed by atoms with E-state index in [1.54, 1.807) is 15.9 Å².